The number of nitrogens with one attached hydrogen (secondary N) is 1. The number of ether oxygens (including phenoxy) is 2. The molecule has 1 N–H and O–H groups in total. The van der Waals surface area contributed by atoms with E-state index < -0.39 is 5.67 Å². The van der Waals surface area contributed by atoms with Crippen molar-refractivity contribution in [3.05, 3.63) is 77.5 Å². The van der Waals surface area contributed by atoms with Crippen molar-refractivity contribution < 1.29 is 23.5 Å². The number of carbonyl (C=O) groups is 2. The lowest BCUT2D eigenvalue weighted by Crippen LogP contribution is -2.46. The molecule has 1 saturated heterocycles. The van der Waals surface area contributed by atoms with Gasteiger partial charge in [-0.2, -0.15) is 0 Å². The van der Waals surface area contributed by atoms with Crippen LogP contribution in [-0.4, -0.2) is 61.2 Å². The van der Waals surface area contributed by atoms with E-state index in [0.717, 1.165) is 10.9 Å². The second kappa shape index (κ2) is 10.6. The molecule has 0 bridgehead atoms. The number of hydrogen-bond donors (Lipinski definition) is 1. The summed E-state index contributed by atoms with van der Waals surface area (Å²) in [5.41, 5.74) is 2.44. The number of halogens is 1. The number of rotatable bonds is 7. The Morgan fingerprint density at radius 3 is 2.58 bits per heavy atom. The summed E-state index contributed by atoms with van der Waals surface area (Å²) in [7, 11) is 1.58. The van der Waals surface area contributed by atoms with Crippen LogP contribution >= 0.6 is 0 Å². The van der Waals surface area contributed by atoms with Gasteiger partial charge in [0.25, 0.3) is 11.8 Å². The molecule has 3 aromatic rings. The Kier molecular flexibility index (Phi) is 7.56. The molecule has 0 aliphatic carbocycles. The molecule has 8 heteroatoms. The van der Waals surface area contributed by atoms with Crippen LogP contribution in [0, 0.1) is 0 Å². The lowest BCUT2D eigenvalue weighted by Gasteiger charge is -2.34. The summed E-state index contributed by atoms with van der Waals surface area (Å²) in [5, 5.41) is 4.08. The molecule has 3 heterocycles. The van der Waals surface area contributed by atoms with Crippen LogP contribution in [0.4, 0.5) is 4.39 Å². The molecular weight excluding hydrogens is 461 g/mol. The molecule has 2 aliphatic heterocycles. The van der Waals surface area contributed by atoms with Gasteiger partial charge >= 0.3 is 0 Å². The summed E-state index contributed by atoms with van der Waals surface area (Å²) in [6.07, 6.45) is 0. The number of carbonyl (C=O) groups excluding carboxylic acids is 2. The minimum absolute atomic E-state index is 0.0309. The Balaban J connectivity index is 0.000000709. The molecule has 1 fully saturated rings. The smallest absolute Gasteiger partial charge is 0.271 e. The first-order valence-electron chi connectivity index (χ1n) is 11.9. The second-order valence-corrected chi connectivity index (χ2v) is 9.45. The summed E-state index contributed by atoms with van der Waals surface area (Å²) in [5.74, 6) is 0.366. The van der Waals surface area contributed by atoms with Crippen LogP contribution in [0.25, 0.3) is 10.9 Å². The maximum atomic E-state index is 14.5. The molecule has 1 aromatic heterocycles. The zero-order chi connectivity index (χ0) is 25.9. The lowest BCUT2D eigenvalue weighted by atomic mass is 9.93. The molecule has 190 valence electrons. The van der Waals surface area contributed by atoms with E-state index >= 15 is 0 Å². The maximum absolute atomic E-state index is 14.5. The molecule has 2 aliphatic rings. The van der Waals surface area contributed by atoms with Crippen LogP contribution in [0.15, 0.2) is 60.7 Å². The minimum Gasteiger partial charge on any atom is -0.497 e. The molecule has 0 radical (unpaired) electrons. The van der Waals surface area contributed by atoms with Crippen molar-refractivity contribution in [2.45, 2.75) is 26.1 Å². The average molecular weight is 494 g/mol. The van der Waals surface area contributed by atoms with Crippen molar-refractivity contribution in [1.29, 1.82) is 0 Å². The van der Waals surface area contributed by atoms with E-state index in [0.29, 0.717) is 42.2 Å². The molecule has 36 heavy (non-hydrogen) atoms. The highest BCUT2D eigenvalue weighted by Gasteiger charge is 2.40. The number of aromatic nitrogens is 1. The summed E-state index contributed by atoms with van der Waals surface area (Å²) < 4.78 is 26.3. The van der Waals surface area contributed by atoms with Crippen LogP contribution in [0.1, 0.15) is 40.3 Å². The number of hydrogen-bond acceptors (Lipinski definition) is 5. The normalized spacial score (nSPS) is 16.2. The van der Waals surface area contributed by atoms with Crippen molar-refractivity contribution in [3.8, 4) is 5.75 Å². The van der Waals surface area contributed by atoms with Crippen LogP contribution in [-0.2, 0) is 17.0 Å². The number of allylic oxidation sites excluding steroid dienone is 1. The van der Waals surface area contributed by atoms with E-state index in [-0.39, 0.29) is 31.6 Å². The van der Waals surface area contributed by atoms with E-state index in [2.05, 4.69) is 11.9 Å². The van der Waals surface area contributed by atoms with Crippen LogP contribution in [0.3, 0.4) is 0 Å². The highest BCUT2D eigenvalue weighted by Crippen LogP contribution is 2.34. The fourth-order valence-electron chi connectivity index (χ4n) is 4.25. The van der Waals surface area contributed by atoms with Gasteiger partial charge in [0, 0.05) is 25.0 Å². The Bertz CT molecular complexity index is 1290. The Morgan fingerprint density at radius 1 is 1.17 bits per heavy atom. The summed E-state index contributed by atoms with van der Waals surface area (Å²) >= 11 is 0. The van der Waals surface area contributed by atoms with Gasteiger partial charge in [-0.3, -0.25) is 14.2 Å². The van der Waals surface area contributed by atoms with Gasteiger partial charge in [-0.05, 0) is 49.2 Å². The zero-order valence-corrected chi connectivity index (χ0v) is 21.0. The number of nitrogens with zero attached hydrogens (tertiary/aromatic N) is 2. The SMILES string of the molecule is C=C(C)C.COc1ccc2c(c1)cc1n2C(=O)CN(CCNCc2cccc(C3(F)COC3)c2)C1=O. The van der Waals surface area contributed by atoms with Gasteiger partial charge in [0.05, 0.1) is 25.8 Å². The quantitative estimate of drug-likeness (QED) is 0.392. The van der Waals surface area contributed by atoms with E-state index in [1.165, 1.54) is 10.1 Å². The number of alkyl halides is 1. The van der Waals surface area contributed by atoms with Gasteiger partial charge in [-0.25, -0.2) is 4.39 Å². The molecular formula is C28H32FN3O4. The largest absolute Gasteiger partial charge is 0.497 e. The lowest BCUT2D eigenvalue weighted by molar-refractivity contribution is -0.135. The third kappa shape index (κ3) is 5.34. The molecule has 0 saturated carbocycles. The van der Waals surface area contributed by atoms with Crippen molar-refractivity contribution in [2.24, 2.45) is 0 Å². The van der Waals surface area contributed by atoms with Crippen molar-refractivity contribution in [1.82, 2.24) is 14.8 Å². The van der Waals surface area contributed by atoms with E-state index in [1.54, 1.807) is 36.3 Å². The van der Waals surface area contributed by atoms with Crippen molar-refractivity contribution >= 4 is 22.7 Å². The zero-order valence-electron chi connectivity index (χ0n) is 21.0. The summed E-state index contributed by atoms with van der Waals surface area (Å²) in [6.45, 7) is 9.18. The third-order valence-electron chi connectivity index (χ3n) is 6.08. The second-order valence-electron chi connectivity index (χ2n) is 9.45. The standard InChI is InChI=1S/C24H24FN3O4.C4H8/c1-31-19-5-6-20-17(10-19)11-21-23(30)27(13-22(29)28(20)21)8-7-26-12-16-3-2-4-18(9-16)24(25)14-32-15-24;1-4(2)3/h2-6,9-11,26H,7-8,12-15H2,1H3;1H2,2-3H3. The van der Waals surface area contributed by atoms with E-state index in [9.17, 15) is 14.0 Å². The predicted octanol–water partition coefficient (Wildman–Crippen LogP) is 4.31. The van der Waals surface area contributed by atoms with Gasteiger partial charge in [0.1, 0.15) is 18.0 Å². The van der Waals surface area contributed by atoms with Gasteiger partial charge in [0.15, 0.2) is 5.67 Å². The molecule has 1 amide bonds. The molecule has 0 unspecified atom stereocenters. The van der Waals surface area contributed by atoms with Gasteiger partial charge in [-0.15, -0.1) is 6.58 Å². The Hall–Kier alpha value is -3.49. The highest BCUT2D eigenvalue weighted by atomic mass is 19.1. The number of amides is 1. The summed E-state index contributed by atoms with van der Waals surface area (Å²) in [4.78, 5) is 27.3. The van der Waals surface area contributed by atoms with Crippen LogP contribution in [0.5, 0.6) is 5.75 Å². The topological polar surface area (TPSA) is 72.8 Å². The molecule has 2 aromatic carbocycles. The van der Waals surface area contributed by atoms with Crippen LogP contribution in [0.2, 0.25) is 0 Å². The minimum atomic E-state index is -1.39. The summed E-state index contributed by atoms with van der Waals surface area (Å²) in [6, 6.07) is 14.5. The van der Waals surface area contributed by atoms with Crippen molar-refractivity contribution in [2.75, 3.05) is 40.0 Å². The van der Waals surface area contributed by atoms with Crippen LogP contribution < -0.4 is 10.1 Å². The third-order valence-corrected chi connectivity index (χ3v) is 6.08. The fourth-order valence-corrected chi connectivity index (χ4v) is 4.25. The average Bonchev–Trinajstić information content (AvgIpc) is 3.22. The molecule has 7 nitrogen and oxygen atoms in total. The molecule has 0 spiro atoms. The fraction of sp³-hybridized carbons (Fsp3) is 0.357. The van der Waals surface area contributed by atoms with Gasteiger partial charge in [0.2, 0.25) is 0 Å². The number of methoxy groups -OCH3 is 1. The highest BCUT2D eigenvalue weighted by molar-refractivity contribution is 6.09. The maximum Gasteiger partial charge on any atom is 0.271 e. The van der Waals surface area contributed by atoms with Crippen molar-refractivity contribution in [3.63, 3.8) is 0 Å². The number of fused-ring (bicyclic) bond motifs is 3. The number of benzene rings is 2. The molecule has 5 rings (SSSR count). The monoisotopic (exact) mass is 493 g/mol. The van der Waals surface area contributed by atoms with Gasteiger partial charge < -0.3 is 19.7 Å². The Labute approximate surface area is 210 Å². The van der Waals surface area contributed by atoms with E-state index in [4.69, 9.17) is 9.47 Å². The first-order valence-corrected chi connectivity index (χ1v) is 11.9. The first kappa shape index (κ1) is 25.6. The van der Waals surface area contributed by atoms with Gasteiger partial charge in [-0.1, -0.05) is 29.8 Å². The first-order chi connectivity index (χ1) is 17.2. The van der Waals surface area contributed by atoms with E-state index in [1.807, 2.05) is 38.1 Å². The predicted molar refractivity (Wildman–Crippen MR) is 137 cm³/mol. The molecule has 0 atom stereocenters. The Morgan fingerprint density at radius 2 is 1.92 bits per heavy atom.